The van der Waals surface area contributed by atoms with Gasteiger partial charge in [0.2, 0.25) is 0 Å². The summed E-state index contributed by atoms with van der Waals surface area (Å²) in [5.74, 6) is 0.900. The normalized spacial score (nSPS) is 17.7. The SMILES string of the molecule is CCNC(=NCC(C)N1CCOCC1)NCC(Cc1ccccc1)N(C)C.I. The Bertz CT molecular complexity index is 549. The van der Waals surface area contributed by atoms with Crippen molar-refractivity contribution < 1.29 is 4.74 Å². The summed E-state index contributed by atoms with van der Waals surface area (Å²) in [5.41, 5.74) is 1.36. The van der Waals surface area contributed by atoms with Gasteiger partial charge in [-0.1, -0.05) is 30.3 Å². The van der Waals surface area contributed by atoms with Crippen LogP contribution in [0.15, 0.2) is 35.3 Å². The monoisotopic (exact) mass is 503 g/mol. The lowest BCUT2D eigenvalue weighted by Crippen LogP contribution is -2.47. The minimum absolute atomic E-state index is 0. The summed E-state index contributed by atoms with van der Waals surface area (Å²) < 4.78 is 5.44. The lowest BCUT2D eigenvalue weighted by Gasteiger charge is -2.31. The van der Waals surface area contributed by atoms with Crippen LogP contribution in [0, 0.1) is 0 Å². The molecule has 1 heterocycles. The number of nitrogens with one attached hydrogen (secondary N) is 2. The Kier molecular flexibility index (Phi) is 12.7. The van der Waals surface area contributed by atoms with Crippen LogP contribution < -0.4 is 10.6 Å². The zero-order valence-corrected chi connectivity index (χ0v) is 20.2. The number of hydrogen-bond acceptors (Lipinski definition) is 4. The Labute approximate surface area is 188 Å². The molecule has 0 saturated carbocycles. The third-order valence-electron chi connectivity index (χ3n) is 5.08. The standard InChI is InChI=1S/C21H37N5O.HI/c1-5-22-21(23-16-18(2)26-11-13-27-14-12-26)24-17-20(25(3)4)15-19-9-7-6-8-10-19;/h6-10,18,20H,5,11-17H2,1-4H3,(H2,22,23,24);1H. The fraction of sp³-hybridized carbons (Fsp3) is 0.667. The number of hydrogen-bond donors (Lipinski definition) is 2. The van der Waals surface area contributed by atoms with E-state index in [0.29, 0.717) is 12.1 Å². The van der Waals surface area contributed by atoms with E-state index in [0.717, 1.165) is 58.3 Å². The van der Waals surface area contributed by atoms with Crippen LogP contribution in [-0.2, 0) is 11.2 Å². The molecule has 2 N–H and O–H groups in total. The van der Waals surface area contributed by atoms with Crippen molar-refractivity contribution >= 4 is 29.9 Å². The fourth-order valence-corrected chi connectivity index (χ4v) is 3.24. The molecule has 0 aliphatic carbocycles. The van der Waals surface area contributed by atoms with Crippen LogP contribution in [-0.4, -0.2) is 87.9 Å². The van der Waals surface area contributed by atoms with Gasteiger partial charge in [-0.25, -0.2) is 0 Å². The Balaban J connectivity index is 0.00000392. The van der Waals surface area contributed by atoms with Crippen molar-refractivity contribution in [1.82, 2.24) is 20.4 Å². The zero-order valence-electron chi connectivity index (χ0n) is 17.9. The van der Waals surface area contributed by atoms with E-state index in [1.807, 2.05) is 0 Å². The van der Waals surface area contributed by atoms with Crippen LogP contribution in [0.2, 0.25) is 0 Å². The molecule has 7 heteroatoms. The van der Waals surface area contributed by atoms with Gasteiger partial charge in [0.15, 0.2) is 5.96 Å². The molecule has 1 aromatic carbocycles. The summed E-state index contributed by atoms with van der Waals surface area (Å²) in [4.78, 5) is 9.55. The van der Waals surface area contributed by atoms with Gasteiger partial charge in [0.1, 0.15) is 0 Å². The Morgan fingerprint density at radius 1 is 1.18 bits per heavy atom. The van der Waals surface area contributed by atoms with Crippen molar-refractivity contribution in [1.29, 1.82) is 0 Å². The molecule has 160 valence electrons. The maximum absolute atomic E-state index is 5.44. The van der Waals surface area contributed by atoms with Crippen LogP contribution in [0.4, 0.5) is 0 Å². The fourth-order valence-electron chi connectivity index (χ4n) is 3.24. The average molecular weight is 503 g/mol. The van der Waals surface area contributed by atoms with Gasteiger partial charge in [-0.3, -0.25) is 9.89 Å². The van der Waals surface area contributed by atoms with Gasteiger partial charge in [0.25, 0.3) is 0 Å². The number of likely N-dealkylation sites (N-methyl/N-ethyl adjacent to an activating group) is 1. The Morgan fingerprint density at radius 3 is 2.46 bits per heavy atom. The number of morpholine rings is 1. The first-order valence-electron chi connectivity index (χ1n) is 10.1. The number of rotatable bonds is 9. The van der Waals surface area contributed by atoms with E-state index in [4.69, 9.17) is 9.73 Å². The highest BCUT2D eigenvalue weighted by atomic mass is 127. The number of halogens is 1. The van der Waals surface area contributed by atoms with Crippen LogP contribution in [0.25, 0.3) is 0 Å². The second kappa shape index (κ2) is 14.1. The molecule has 2 unspecified atom stereocenters. The number of ether oxygens (including phenoxy) is 1. The smallest absolute Gasteiger partial charge is 0.191 e. The minimum atomic E-state index is 0. The van der Waals surface area contributed by atoms with Gasteiger partial charge in [-0.2, -0.15) is 0 Å². The molecule has 28 heavy (non-hydrogen) atoms. The van der Waals surface area contributed by atoms with E-state index in [9.17, 15) is 0 Å². The number of nitrogens with zero attached hydrogens (tertiary/aromatic N) is 3. The topological polar surface area (TPSA) is 52.1 Å². The molecule has 0 amide bonds. The molecule has 1 aliphatic heterocycles. The molecule has 0 aromatic heterocycles. The van der Waals surface area contributed by atoms with E-state index >= 15 is 0 Å². The molecule has 1 fully saturated rings. The quantitative estimate of drug-likeness (QED) is 0.307. The minimum Gasteiger partial charge on any atom is -0.379 e. The lowest BCUT2D eigenvalue weighted by atomic mass is 10.1. The molecule has 1 saturated heterocycles. The van der Waals surface area contributed by atoms with Crippen molar-refractivity contribution in [2.24, 2.45) is 4.99 Å². The third-order valence-corrected chi connectivity index (χ3v) is 5.08. The van der Waals surface area contributed by atoms with Crippen molar-refractivity contribution in [2.45, 2.75) is 32.4 Å². The Morgan fingerprint density at radius 2 is 1.86 bits per heavy atom. The molecule has 0 bridgehead atoms. The van der Waals surface area contributed by atoms with Crippen molar-refractivity contribution in [2.75, 3.05) is 60.0 Å². The maximum Gasteiger partial charge on any atom is 0.191 e. The summed E-state index contributed by atoms with van der Waals surface area (Å²) in [6.07, 6.45) is 1.02. The molecule has 1 aromatic rings. The summed E-state index contributed by atoms with van der Waals surface area (Å²) in [7, 11) is 4.28. The zero-order chi connectivity index (χ0) is 19.5. The molecular weight excluding hydrogens is 465 g/mol. The van der Waals surface area contributed by atoms with E-state index in [1.165, 1.54) is 5.56 Å². The van der Waals surface area contributed by atoms with Crippen molar-refractivity contribution in [3.63, 3.8) is 0 Å². The lowest BCUT2D eigenvalue weighted by molar-refractivity contribution is 0.0220. The highest BCUT2D eigenvalue weighted by Crippen LogP contribution is 2.06. The van der Waals surface area contributed by atoms with Crippen molar-refractivity contribution in [3.05, 3.63) is 35.9 Å². The van der Waals surface area contributed by atoms with Gasteiger partial charge in [-0.15, -0.1) is 24.0 Å². The molecule has 0 radical (unpaired) electrons. The van der Waals surface area contributed by atoms with E-state index < -0.39 is 0 Å². The second-order valence-electron chi connectivity index (χ2n) is 7.41. The largest absolute Gasteiger partial charge is 0.379 e. The predicted octanol–water partition coefficient (Wildman–Crippen LogP) is 2.05. The molecule has 2 rings (SSSR count). The van der Waals surface area contributed by atoms with Gasteiger partial charge in [0, 0.05) is 38.3 Å². The number of benzene rings is 1. The van der Waals surface area contributed by atoms with Gasteiger partial charge in [-0.05, 0) is 39.9 Å². The van der Waals surface area contributed by atoms with Crippen LogP contribution in [0.3, 0.4) is 0 Å². The molecule has 2 atom stereocenters. The van der Waals surface area contributed by atoms with E-state index in [2.05, 4.69) is 78.7 Å². The maximum atomic E-state index is 5.44. The highest BCUT2D eigenvalue weighted by molar-refractivity contribution is 14.0. The Hall–Kier alpha value is -0.900. The average Bonchev–Trinajstić information content (AvgIpc) is 2.70. The summed E-state index contributed by atoms with van der Waals surface area (Å²) in [6, 6.07) is 11.5. The third kappa shape index (κ3) is 9.07. The molecule has 1 aliphatic rings. The molecule has 0 spiro atoms. The first-order chi connectivity index (χ1) is 13.1. The van der Waals surface area contributed by atoms with Crippen LogP contribution in [0.1, 0.15) is 19.4 Å². The predicted molar refractivity (Wildman–Crippen MR) is 129 cm³/mol. The molecular formula is C21H38IN5O. The van der Waals surface area contributed by atoms with Gasteiger partial charge >= 0.3 is 0 Å². The van der Waals surface area contributed by atoms with E-state index in [1.54, 1.807) is 0 Å². The summed E-state index contributed by atoms with van der Waals surface area (Å²) in [5, 5.41) is 6.91. The summed E-state index contributed by atoms with van der Waals surface area (Å²) >= 11 is 0. The molecule has 6 nitrogen and oxygen atoms in total. The first kappa shape index (κ1) is 25.1. The van der Waals surface area contributed by atoms with E-state index in [-0.39, 0.29) is 24.0 Å². The van der Waals surface area contributed by atoms with Gasteiger partial charge < -0.3 is 20.3 Å². The van der Waals surface area contributed by atoms with Gasteiger partial charge in [0.05, 0.1) is 19.8 Å². The first-order valence-corrected chi connectivity index (χ1v) is 10.1. The number of guanidine groups is 1. The van der Waals surface area contributed by atoms with Crippen LogP contribution >= 0.6 is 24.0 Å². The second-order valence-corrected chi connectivity index (χ2v) is 7.41. The van der Waals surface area contributed by atoms with Crippen LogP contribution in [0.5, 0.6) is 0 Å². The van der Waals surface area contributed by atoms with Crippen molar-refractivity contribution in [3.8, 4) is 0 Å². The number of aliphatic imine (C=N–C) groups is 1. The highest BCUT2D eigenvalue weighted by Gasteiger charge is 2.17. The summed E-state index contributed by atoms with van der Waals surface area (Å²) in [6.45, 7) is 10.5.